The summed E-state index contributed by atoms with van der Waals surface area (Å²) in [5.74, 6) is 0. The molecule has 0 aliphatic carbocycles. The zero-order valence-electron chi connectivity index (χ0n) is 6.33. The van der Waals surface area contributed by atoms with Gasteiger partial charge in [-0.3, -0.25) is 0 Å². The van der Waals surface area contributed by atoms with Crippen molar-refractivity contribution < 1.29 is 0 Å². The second-order valence-corrected chi connectivity index (χ2v) is 1.72. The summed E-state index contributed by atoms with van der Waals surface area (Å²) in [5.41, 5.74) is 0. The third kappa shape index (κ3) is 6.96. The molecule has 0 atom stereocenters. The van der Waals surface area contributed by atoms with Crippen molar-refractivity contribution in [3.05, 3.63) is 55.5 Å². The lowest BCUT2D eigenvalue weighted by Gasteiger charge is -1.71. The molecule has 0 unspecified atom stereocenters. The lowest BCUT2D eigenvalue weighted by atomic mass is 10.4. The molecule has 0 spiro atoms. The number of rotatable bonds is 3. The van der Waals surface area contributed by atoms with Crippen LogP contribution in [0.3, 0.4) is 0 Å². The van der Waals surface area contributed by atoms with E-state index in [0.29, 0.717) is 0 Å². The molecule has 0 aliphatic rings. The number of hydrogen-bond donors (Lipinski definition) is 0. The van der Waals surface area contributed by atoms with E-state index in [4.69, 9.17) is 0 Å². The Labute approximate surface area is 63.3 Å². The summed E-state index contributed by atoms with van der Waals surface area (Å²) < 4.78 is 0. The Balaban J connectivity index is 3.51. The molecule has 0 saturated carbocycles. The van der Waals surface area contributed by atoms with Crippen LogP contribution in [0.1, 0.15) is 6.92 Å². The Morgan fingerprint density at radius 1 is 0.800 bits per heavy atom. The summed E-state index contributed by atoms with van der Waals surface area (Å²) >= 11 is 0. The van der Waals surface area contributed by atoms with Crippen LogP contribution in [-0.2, 0) is 0 Å². The second-order valence-electron chi connectivity index (χ2n) is 1.72. The second kappa shape index (κ2) is 7.96. The first-order valence-corrected chi connectivity index (χ1v) is 3.32. The highest BCUT2D eigenvalue weighted by Crippen LogP contribution is 1.80. The van der Waals surface area contributed by atoms with Gasteiger partial charge in [0.25, 0.3) is 0 Å². The minimum Gasteiger partial charge on any atom is -0.0877 e. The third-order valence-corrected chi connectivity index (χ3v) is 0.884. The van der Waals surface area contributed by atoms with Crippen LogP contribution in [-0.4, -0.2) is 0 Å². The normalized spacial score (nSPS) is 13.4. The highest BCUT2D eigenvalue weighted by atomic mass is 13.7. The van der Waals surface area contributed by atoms with Gasteiger partial charge in [-0.2, -0.15) is 0 Å². The van der Waals surface area contributed by atoms with Crippen LogP contribution in [0, 0.1) is 6.92 Å². The topological polar surface area (TPSA) is 0 Å². The smallest absolute Gasteiger partial charge is 0.0313 e. The van der Waals surface area contributed by atoms with Gasteiger partial charge in [0.1, 0.15) is 0 Å². The van der Waals surface area contributed by atoms with Crippen LogP contribution in [0.25, 0.3) is 0 Å². The van der Waals surface area contributed by atoms with Gasteiger partial charge < -0.3 is 0 Å². The summed E-state index contributed by atoms with van der Waals surface area (Å²) in [6.07, 6.45) is 15.5. The van der Waals surface area contributed by atoms with Crippen LogP contribution in [0.2, 0.25) is 0 Å². The maximum Gasteiger partial charge on any atom is -0.0313 e. The van der Waals surface area contributed by atoms with E-state index in [0.717, 1.165) is 0 Å². The summed E-state index contributed by atoms with van der Waals surface area (Å²) in [5, 5.41) is 0. The van der Waals surface area contributed by atoms with Crippen LogP contribution in [0.5, 0.6) is 0 Å². The van der Waals surface area contributed by atoms with Crippen molar-refractivity contribution in [1.82, 2.24) is 0 Å². The zero-order chi connectivity index (χ0) is 7.66. The predicted octanol–water partition coefficient (Wildman–Crippen LogP) is 3.07. The predicted molar refractivity (Wildman–Crippen MR) is 47.6 cm³/mol. The van der Waals surface area contributed by atoms with Crippen molar-refractivity contribution in [2.45, 2.75) is 6.92 Å². The first-order chi connectivity index (χ1) is 4.91. The van der Waals surface area contributed by atoms with Gasteiger partial charge >= 0.3 is 0 Å². The molecule has 0 heterocycles. The van der Waals surface area contributed by atoms with Crippen molar-refractivity contribution in [3.8, 4) is 0 Å². The summed E-state index contributed by atoms with van der Waals surface area (Å²) in [7, 11) is 0. The molecule has 0 N–H and O–H groups in total. The van der Waals surface area contributed by atoms with Gasteiger partial charge in [-0.05, 0) is 13.8 Å². The van der Waals surface area contributed by atoms with Crippen LogP contribution in [0.15, 0.2) is 48.6 Å². The fourth-order valence-corrected chi connectivity index (χ4v) is 0.446. The molecule has 0 amide bonds. The molecular formula is C10H13. The van der Waals surface area contributed by atoms with Gasteiger partial charge in [0.15, 0.2) is 0 Å². The Kier molecular flexibility index (Phi) is 7.13. The maximum atomic E-state index is 3.55. The SMILES string of the molecule is [CH2]C=CC=CC=CC=CC. The van der Waals surface area contributed by atoms with E-state index in [1.54, 1.807) is 6.08 Å². The zero-order valence-corrected chi connectivity index (χ0v) is 6.33. The Hall–Kier alpha value is -1.04. The van der Waals surface area contributed by atoms with Crippen LogP contribution in [0.4, 0.5) is 0 Å². The fourth-order valence-electron chi connectivity index (χ4n) is 0.446. The van der Waals surface area contributed by atoms with E-state index in [2.05, 4.69) is 6.92 Å². The Bertz CT molecular complexity index is 137. The van der Waals surface area contributed by atoms with E-state index in [9.17, 15) is 0 Å². The van der Waals surface area contributed by atoms with Crippen molar-refractivity contribution >= 4 is 0 Å². The highest BCUT2D eigenvalue weighted by Gasteiger charge is 1.58. The third-order valence-electron chi connectivity index (χ3n) is 0.884. The van der Waals surface area contributed by atoms with Crippen molar-refractivity contribution in [1.29, 1.82) is 0 Å². The molecule has 0 aliphatic heterocycles. The van der Waals surface area contributed by atoms with Crippen molar-refractivity contribution in [2.24, 2.45) is 0 Å². The largest absolute Gasteiger partial charge is 0.0877 e. The lowest BCUT2D eigenvalue weighted by molar-refractivity contribution is 1.73. The van der Waals surface area contributed by atoms with Crippen LogP contribution >= 0.6 is 0 Å². The van der Waals surface area contributed by atoms with Gasteiger partial charge in [-0.25, -0.2) is 0 Å². The monoisotopic (exact) mass is 133 g/mol. The van der Waals surface area contributed by atoms with Gasteiger partial charge in [0.2, 0.25) is 0 Å². The molecule has 53 valence electrons. The molecule has 0 rings (SSSR count). The number of allylic oxidation sites excluding steroid dienone is 8. The van der Waals surface area contributed by atoms with E-state index in [-0.39, 0.29) is 0 Å². The van der Waals surface area contributed by atoms with Crippen molar-refractivity contribution in [3.63, 3.8) is 0 Å². The summed E-state index contributed by atoms with van der Waals surface area (Å²) in [6, 6.07) is 0. The summed E-state index contributed by atoms with van der Waals surface area (Å²) in [6.45, 7) is 5.54. The molecule has 0 saturated heterocycles. The summed E-state index contributed by atoms with van der Waals surface area (Å²) in [4.78, 5) is 0. The van der Waals surface area contributed by atoms with E-state index in [1.165, 1.54) is 0 Å². The van der Waals surface area contributed by atoms with Gasteiger partial charge in [-0.1, -0.05) is 48.6 Å². The molecule has 0 aromatic rings. The number of hydrogen-bond acceptors (Lipinski definition) is 0. The minimum atomic E-state index is 1.75. The average molecular weight is 133 g/mol. The maximum absolute atomic E-state index is 3.55. The minimum absolute atomic E-state index is 1.75. The first-order valence-electron chi connectivity index (χ1n) is 3.32. The lowest BCUT2D eigenvalue weighted by Crippen LogP contribution is -1.49. The Morgan fingerprint density at radius 3 is 1.80 bits per heavy atom. The molecule has 0 aromatic heterocycles. The van der Waals surface area contributed by atoms with E-state index < -0.39 is 0 Å². The molecule has 0 fully saturated rings. The molecule has 0 bridgehead atoms. The Morgan fingerprint density at radius 2 is 1.30 bits per heavy atom. The molecule has 0 aromatic carbocycles. The molecule has 1 radical (unpaired) electrons. The molecule has 0 heteroatoms. The van der Waals surface area contributed by atoms with Crippen LogP contribution < -0.4 is 0 Å². The van der Waals surface area contributed by atoms with Gasteiger partial charge in [0, 0.05) is 0 Å². The molecular weight excluding hydrogens is 120 g/mol. The quantitative estimate of drug-likeness (QED) is 0.519. The van der Waals surface area contributed by atoms with Gasteiger partial charge in [-0.15, -0.1) is 0 Å². The van der Waals surface area contributed by atoms with E-state index >= 15 is 0 Å². The standard InChI is InChI=1S/C10H13/c1-3-5-7-9-10-8-6-4-2/h3-10H,1H2,2H3. The van der Waals surface area contributed by atoms with Crippen molar-refractivity contribution in [2.75, 3.05) is 0 Å². The van der Waals surface area contributed by atoms with E-state index in [1.807, 2.05) is 49.5 Å². The molecule has 0 nitrogen and oxygen atoms in total. The fraction of sp³-hybridized carbons (Fsp3) is 0.100. The first kappa shape index (κ1) is 8.96. The molecule has 10 heavy (non-hydrogen) atoms. The average Bonchev–Trinajstić information content (AvgIpc) is 1.97. The van der Waals surface area contributed by atoms with Gasteiger partial charge in [0.05, 0.1) is 0 Å². The highest BCUT2D eigenvalue weighted by molar-refractivity contribution is 5.15.